The van der Waals surface area contributed by atoms with Crippen LogP contribution in [0.3, 0.4) is 0 Å². The number of fused-ring (bicyclic) bond motifs is 7. The van der Waals surface area contributed by atoms with Gasteiger partial charge in [0.05, 0.1) is 115 Å². The van der Waals surface area contributed by atoms with Crippen molar-refractivity contribution in [3.05, 3.63) is 311 Å². The maximum absolute atomic E-state index is 9.86. The fourth-order valence-corrected chi connectivity index (χ4v) is 13.3. The second-order valence-corrected chi connectivity index (χ2v) is 23.5. The van der Waals surface area contributed by atoms with E-state index in [1.165, 1.54) is 0 Å². The van der Waals surface area contributed by atoms with Crippen LogP contribution in [0.4, 0.5) is 0 Å². The summed E-state index contributed by atoms with van der Waals surface area (Å²) in [4.78, 5) is 0. The fourth-order valence-electron chi connectivity index (χ4n) is 13.3. The first-order valence-corrected chi connectivity index (χ1v) is 30.6. The molecule has 0 amide bonds. The molecule has 0 bridgehead atoms. The highest BCUT2D eigenvalue weighted by Crippen LogP contribution is 2.45. The van der Waals surface area contributed by atoms with Crippen molar-refractivity contribution in [2.24, 2.45) is 0 Å². The second kappa shape index (κ2) is 24.0. The quantitative estimate of drug-likeness (QED) is 0.129. The van der Waals surface area contributed by atoms with Crippen molar-refractivity contribution in [3.63, 3.8) is 0 Å². The van der Waals surface area contributed by atoms with Crippen molar-refractivity contribution in [1.82, 2.24) is 9.13 Å². The SMILES string of the molecule is N#Cc1cc(C#N)cc(-c2ccc(-c3cc(-c4ccc(-c5cc(C#N)cc(C#N)c5)cc4)cc(-n4c5ccccc5c5c4ccc4c6ccccc6n(-c6cc(-c7ccc(-c8cc(C#N)cc(C#N)c8)cc7)cc(-c7ccc(-c8cc(C#N)cc(C#N)c8)cc7)c6)c45)c3)cc2)c1. The Labute approximate surface area is 552 Å². The number of nitriles is 8. The van der Waals surface area contributed by atoms with Crippen molar-refractivity contribution in [3.8, 4) is 149 Å². The van der Waals surface area contributed by atoms with Gasteiger partial charge in [0.25, 0.3) is 0 Å². The third-order valence-corrected chi connectivity index (χ3v) is 17.8. The van der Waals surface area contributed by atoms with Gasteiger partial charge in [-0.1, -0.05) is 140 Å². The summed E-state index contributed by atoms with van der Waals surface area (Å²) in [6.07, 6.45) is 0. The minimum absolute atomic E-state index is 0.405. The van der Waals surface area contributed by atoms with E-state index in [1.54, 1.807) is 72.8 Å². The van der Waals surface area contributed by atoms with E-state index in [1.807, 2.05) is 48.5 Å². The number of hydrogen-bond donors (Lipinski definition) is 0. The molecule has 0 atom stereocenters. The first-order chi connectivity index (χ1) is 47.1. The Kier molecular flexibility index (Phi) is 14.4. The van der Waals surface area contributed by atoms with Gasteiger partial charge in [-0.05, 0) is 216 Å². The highest BCUT2D eigenvalue weighted by Gasteiger charge is 2.23. The lowest BCUT2D eigenvalue weighted by Crippen LogP contribution is -1.98. The zero-order chi connectivity index (χ0) is 65.6. The zero-order valence-electron chi connectivity index (χ0n) is 50.9. The van der Waals surface area contributed by atoms with Crippen molar-refractivity contribution < 1.29 is 0 Å². The van der Waals surface area contributed by atoms with E-state index < -0.39 is 0 Å². The van der Waals surface area contributed by atoms with Crippen LogP contribution in [-0.4, -0.2) is 9.13 Å². The molecule has 0 aliphatic heterocycles. The molecular weight excluding hydrogens is 1170 g/mol. The molecule has 0 aliphatic carbocycles. The average Bonchev–Trinajstić information content (AvgIpc) is 1.54. The number of rotatable bonds is 10. The molecule has 0 N–H and O–H groups in total. The van der Waals surface area contributed by atoms with Gasteiger partial charge in [0.2, 0.25) is 0 Å². The van der Waals surface area contributed by atoms with Gasteiger partial charge in [-0.3, -0.25) is 0 Å². The molecule has 96 heavy (non-hydrogen) atoms. The number of benzene rings is 13. The van der Waals surface area contributed by atoms with Crippen LogP contribution in [0, 0.1) is 90.6 Å². The van der Waals surface area contributed by atoms with Crippen LogP contribution in [0.25, 0.3) is 144 Å². The molecule has 2 aromatic heterocycles. The third kappa shape index (κ3) is 10.4. The maximum Gasteiger partial charge on any atom is 0.0992 e. The van der Waals surface area contributed by atoms with Gasteiger partial charge in [0.15, 0.2) is 0 Å². The topological polar surface area (TPSA) is 200 Å². The number of hydrogen-bond acceptors (Lipinski definition) is 8. The minimum atomic E-state index is 0.405. The predicted molar refractivity (Wildman–Crippen MR) is 376 cm³/mol. The summed E-state index contributed by atoms with van der Waals surface area (Å²) in [5.41, 5.74) is 23.1. The fraction of sp³-hybridized carbons (Fsp3) is 0. The van der Waals surface area contributed by atoms with E-state index in [0.717, 1.165) is 144 Å². The summed E-state index contributed by atoms with van der Waals surface area (Å²) in [6.45, 7) is 0. The predicted octanol–water partition coefficient (Wildman–Crippen LogP) is 20.2. The van der Waals surface area contributed by atoms with Crippen LogP contribution in [0.2, 0.25) is 0 Å². The summed E-state index contributed by atoms with van der Waals surface area (Å²) >= 11 is 0. The Morgan fingerprint density at radius 1 is 0.188 bits per heavy atom. The largest absolute Gasteiger partial charge is 0.309 e. The number of nitrogens with zero attached hydrogens (tertiary/aromatic N) is 10. The molecule has 0 saturated carbocycles. The number of aromatic nitrogens is 2. The molecular formula is C86H44N10. The molecule has 0 radical (unpaired) electrons. The van der Waals surface area contributed by atoms with Gasteiger partial charge < -0.3 is 9.13 Å². The van der Waals surface area contributed by atoms with Gasteiger partial charge in [0, 0.05) is 32.9 Å². The smallest absolute Gasteiger partial charge is 0.0992 e. The molecule has 10 heteroatoms. The molecule has 0 saturated heterocycles. The maximum atomic E-state index is 9.86. The van der Waals surface area contributed by atoms with E-state index in [2.05, 4.69) is 203 Å². The molecule has 0 fully saturated rings. The minimum Gasteiger partial charge on any atom is -0.309 e. The van der Waals surface area contributed by atoms with Gasteiger partial charge in [0.1, 0.15) is 0 Å². The van der Waals surface area contributed by atoms with E-state index in [9.17, 15) is 42.1 Å². The monoisotopic (exact) mass is 1220 g/mol. The number of para-hydroxylation sites is 2. The summed E-state index contributed by atoms with van der Waals surface area (Å²) < 4.78 is 4.73. The van der Waals surface area contributed by atoms with Crippen LogP contribution in [0.1, 0.15) is 44.5 Å². The lowest BCUT2D eigenvalue weighted by Gasteiger charge is -2.16. The van der Waals surface area contributed by atoms with Crippen LogP contribution in [0.5, 0.6) is 0 Å². The summed E-state index contributed by atoms with van der Waals surface area (Å²) in [5.74, 6) is 0. The Hall–Kier alpha value is -14.6. The molecule has 2 heterocycles. The normalized spacial score (nSPS) is 10.8. The molecule has 438 valence electrons. The summed E-state index contributed by atoms with van der Waals surface area (Å²) in [6, 6.07) is 106. The van der Waals surface area contributed by atoms with Crippen LogP contribution < -0.4 is 0 Å². The van der Waals surface area contributed by atoms with Gasteiger partial charge in [-0.2, -0.15) is 42.1 Å². The van der Waals surface area contributed by atoms with Crippen molar-refractivity contribution >= 4 is 43.6 Å². The van der Waals surface area contributed by atoms with Crippen molar-refractivity contribution in [1.29, 1.82) is 42.1 Å². The molecule has 15 rings (SSSR count). The van der Waals surface area contributed by atoms with Crippen molar-refractivity contribution in [2.45, 2.75) is 0 Å². The first-order valence-electron chi connectivity index (χ1n) is 30.6. The molecule has 0 unspecified atom stereocenters. The second-order valence-electron chi connectivity index (χ2n) is 23.5. The average molecular weight is 1220 g/mol. The van der Waals surface area contributed by atoms with Crippen molar-refractivity contribution in [2.75, 3.05) is 0 Å². The molecule has 0 aliphatic rings. The van der Waals surface area contributed by atoms with E-state index >= 15 is 0 Å². The van der Waals surface area contributed by atoms with Gasteiger partial charge in [-0.15, -0.1) is 0 Å². The Bertz CT molecular complexity index is 5740. The lowest BCUT2D eigenvalue weighted by atomic mass is 9.94. The van der Waals surface area contributed by atoms with E-state index in [-0.39, 0.29) is 0 Å². The van der Waals surface area contributed by atoms with Crippen LogP contribution >= 0.6 is 0 Å². The summed E-state index contributed by atoms with van der Waals surface area (Å²) in [7, 11) is 0. The third-order valence-electron chi connectivity index (χ3n) is 17.8. The molecule has 10 nitrogen and oxygen atoms in total. The molecule has 13 aromatic carbocycles. The highest BCUT2D eigenvalue weighted by atomic mass is 15.0. The molecule has 15 aromatic rings. The van der Waals surface area contributed by atoms with Gasteiger partial charge in [-0.25, -0.2) is 0 Å². The molecule has 0 spiro atoms. The summed E-state index contributed by atoms with van der Waals surface area (Å²) in [5, 5.41) is 83.1. The Balaban J connectivity index is 0.938. The van der Waals surface area contributed by atoms with E-state index in [4.69, 9.17) is 0 Å². The Morgan fingerprint density at radius 2 is 0.438 bits per heavy atom. The van der Waals surface area contributed by atoms with Crippen LogP contribution in [-0.2, 0) is 0 Å². The standard InChI is InChI=1S/C86H44N10/c87-45-53-27-54(46-88)32-69(31-53)61-9-17-65(18-10-61)73-39-74(66-19-11-62(12-20-66)70-33-55(47-89)28-56(34-70)48-90)42-77(41-73)95-83-8-4-2-6-81(83)85-84(95)26-25-80-79-5-1-3-7-82(79)96(86(80)85)78-43-75(67-21-13-63(14-22-67)71-35-57(49-91)29-58(36-71)50-92)40-76(44-78)68-23-15-64(16-24-68)72-37-59(51-93)30-60(38-72)52-94/h1-44H. The first kappa shape index (κ1) is 57.8. The van der Waals surface area contributed by atoms with Crippen LogP contribution in [0.15, 0.2) is 267 Å². The lowest BCUT2D eigenvalue weighted by molar-refractivity contribution is 1.17. The van der Waals surface area contributed by atoms with Gasteiger partial charge >= 0.3 is 0 Å². The zero-order valence-corrected chi connectivity index (χ0v) is 50.9. The Morgan fingerprint density at radius 3 is 0.729 bits per heavy atom. The van der Waals surface area contributed by atoms with E-state index in [0.29, 0.717) is 44.5 Å². The highest BCUT2D eigenvalue weighted by molar-refractivity contribution is 6.26.